The average Bonchev–Trinajstić information content (AvgIpc) is 2.40. The van der Waals surface area contributed by atoms with E-state index in [-0.39, 0.29) is 0 Å². The fraction of sp³-hybridized carbons (Fsp3) is 0.467. The first kappa shape index (κ1) is 14.6. The number of benzene rings is 1. The van der Waals surface area contributed by atoms with Crippen LogP contribution in [0.2, 0.25) is 0 Å². The highest BCUT2D eigenvalue weighted by Gasteiger charge is 2.05. The molecular weight excluding hydrogens is 226 g/mol. The van der Waals surface area contributed by atoms with Crippen molar-refractivity contribution in [1.29, 1.82) is 0 Å². The summed E-state index contributed by atoms with van der Waals surface area (Å²) in [6.07, 6.45) is 3.82. The first-order valence-electron chi connectivity index (χ1n) is 6.43. The van der Waals surface area contributed by atoms with Crippen LogP contribution in [0.25, 0.3) is 0 Å². The predicted molar refractivity (Wildman–Crippen MR) is 75.3 cm³/mol. The third-order valence-corrected chi connectivity index (χ3v) is 2.56. The molecule has 18 heavy (non-hydrogen) atoms. The second kappa shape index (κ2) is 8.59. The fourth-order valence-corrected chi connectivity index (χ4v) is 1.60. The van der Waals surface area contributed by atoms with E-state index in [2.05, 4.69) is 24.9 Å². The second-order valence-corrected chi connectivity index (χ2v) is 4.09. The quantitative estimate of drug-likeness (QED) is 0.538. The van der Waals surface area contributed by atoms with E-state index in [4.69, 9.17) is 9.47 Å². The standard InChI is InChI=1S/C15H23NO2/c1-4-6-10-18-14-8-7-13(11-15(14)17-3)12-16-9-5-2/h4,7-8,11,16H,1,5-6,9-10,12H2,2-3H3. The molecule has 0 aliphatic rings. The molecule has 1 N–H and O–H groups in total. The molecule has 0 saturated heterocycles. The molecule has 0 radical (unpaired) electrons. The van der Waals surface area contributed by atoms with Gasteiger partial charge in [0.15, 0.2) is 11.5 Å². The van der Waals surface area contributed by atoms with Crippen LogP contribution in [-0.2, 0) is 6.54 Å². The van der Waals surface area contributed by atoms with Gasteiger partial charge in [-0.3, -0.25) is 0 Å². The highest BCUT2D eigenvalue weighted by molar-refractivity contribution is 5.42. The third-order valence-electron chi connectivity index (χ3n) is 2.56. The zero-order valence-electron chi connectivity index (χ0n) is 11.4. The van der Waals surface area contributed by atoms with Crippen molar-refractivity contribution in [2.24, 2.45) is 0 Å². The monoisotopic (exact) mass is 249 g/mol. The Balaban J connectivity index is 2.61. The van der Waals surface area contributed by atoms with Crippen molar-refractivity contribution in [3.63, 3.8) is 0 Å². The molecule has 1 aromatic carbocycles. The number of nitrogens with one attached hydrogen (secondary N) is 1. The van der Waals surface area contributed by atoms with Crippen molar-refractivity contribution < 1.29 is 9.47 Å². The smallest absolute Gasteiger partial charge is 0.161 e. The summed E-state index contributed by atoms with van der Waals surface area (Å²) in [6, 6.07) is 6.05. The molecule has 0 atom stereocenters. The van der Waals surface area contributed by atoms with E-state index in [1.54, 1.807) is 7.11 Å². The van der Waals surface area contributed by atoms with Gasteiger partial charge in [0.05, 0.1) is 13.7 Å². The number of hydrogen-bond donors (Lipinski definition) is 1. The van der Waals surface area contributed by atoms with Gasteiger partial charge in [-0.2, -0.15) is 0 Å². The van der Waals surface area contributed by atoms with Crippen LogP contribution in [0.3, 0.4) is 0 Å². The first-order valence-corrected chi connectivity index (χ1v) is 6.43. The zero-order chi connectivity index (χ0) is 13.2. The SMILES string of the molecule is C=CCCOc1ccc(CNCCC)cc1OC. The van der Waals surface area contributed by atoms with Crippen LogP contribution in [0, 0.1) is 0 Å². The number of rotatable bonds is 9. The van der Waals surface area contributed by atoms with Gasteiger partial charge < -0.3 is 14.8 Å². The van der Waals surface area contributed by atoms with Crippen LogP contribution < -0.4 is 14.8 Å². The van der Waals surface area contributed by atoms with Gasteiger partial charge in [-0.25, -0.2) is 0 Å². The average molecular weight is 249 g/mol. The molecule has 0 amide bonds. The molecule has 0 aliphatic heterocycles. The predicted octanol–water partition coefficient (Wildman–Crippen LogP) is 3.15. The molecule has 1 rings (SSSR count). The lowest BCUT2D eigenvalue weighted by Gasteiger charge is -2.12. The first-order chi connectivity index (χ1) is 8.81. The summed E-state index contributed by atoms with van der Waals surface area (Å²) < 4.78 is 11.0. The maximum atomic E-state index is 5.63. The number of hydrogen-bond acceptors (Lipinski definition) is 3. The summed E-state index contributed by atoms with van der Waals surface area (Å²) in [7, 11) is 1.67. The lowest BCUT2D eigenvalue weighted by atomic mass is 10.2. The van der Waals surface area contributed by atoms with Gasteiger partial charge >= 0.3 is 0 Å². The maximum Gasteiger partial charge on any atom is 0.161 e. The van der Waals surface area contributed by atoms with Crippen molar-refractivity contribution in [2.75, 3.05) is 20.3 Å². The Morgan fingerprint density at radius 3 is 2.83 bits per heavy atom. The van der Waals surface area contributed by atoms with Gasteiger partial charge in [-0.05, 0) is 37.1 Å². The largest absolute Gasteiger partial charge is 0.493 e. The molecule has 100 valence electrons. The number of ether oxygens (including phenoxy) is 2. The Labute approximate surface area is 110 Å². The van der Waals surface area contributed by atoms with Gasteiger partial charge in [0.1, 0.15) is 0 Å². The summed E-state index contributed by atoms with van der Waals surface area (Å²) in [5.41, 5.74) is 1.20. The summed E-state index contributed by atoms with van der Waals surface area (Å²) in [5.74, 6) is 1.58. The van der Waals surface area contributed by atoms with Gasteiger partial charge in [-0.1, -0.05) is 19.1 Å². The molecule has 0 heterocycles. The van der Waals surface area contributed by atoms with Crippen molar-refractivity contribution in [3.8, 4) is 11.5 Å². The molecule has 0 spiro atoms. The Kier molecular flexibility index (Phi) is 6.96. The minimum Gasteiger partial charge on any atom is -0.493 e. The lowest BCUT2D eigenvalue weighted by Crippen LogP contribution is -2.13. The third kappa shape index (κ3) is 4.80. The van der Waals surface area contributed by atoms with Crippen LogP contribution in [0.1, 0.15) is 25.3 Å². The topological polar surface area (TPSA) is 30.5 Å². The van der Waals surface area contributed by atoms with Crippen molar-refractivity contribution in [3.05, 3.63) is 36.4 Å². The van der Waals surface area contributed by atoms with E-state index in [0.29, 0.717) is 6.61 Å². The van der Waals surface area contributed by atoms with Crippen LogP contribution in [0.4, 0.5) is 0 Å². The summed E-state index contributed by atoms with van der Waals surface area (Å²) in [5, 5.41) is 3.36. The maximum absolute atomic E-state index is 5.63. The normalized spacial score (nSPS) is 10.1. The lowest BCUT2D eigenvalue weighted by molar-refractivity contribution is 0.299. The Morgan fingerprint density at radius 2 is 2.17 bits per heavy atom. The molecule has 3 nitrogen and oxygen atoms in total. The Hall–Kier alpha value is -1.48. The van der Waals surface area contributed by atoms with E-state index < -0.39 is 0 Å². The van der Waals surface area contributed by atoms with Crippen LogP contribution in [0.15, 0.2) is 30.9 Å². The minimum absolute atomic E-state index is 0.632. The summed E-state index contributed by atoms with van der Waals surface area (Å²) in [4.78, 5) is 0. The van der Waals surface area contributed by atoms with Gasteiger partial charge in [0.25, 0.3) is 0 Å². The molecule has 3 heteroatoms. The van der Waals surface area contributed by atoms with Gasteiger partial charge in [-0.15, -0.1) is 6.58 Å². The van der Waals surface area contributed by atoms with E-state index in [0.717, 1.165) is 37.4 Å². The molecule has 0 aliphatic carbocycles. The molecule has 0 bridgehead atoms. The summed E-state index contributed by atoms with van der Waals surface area (Å²) in [6.45, 7) is 8.35. The molecular formula is C15H23NO2. The summed E-state index contributed by atoms with van der Waals surface area (Å²) >= 11 is 0. The fourth-order valence-electron chi connectivity index (χ4n) is 1.60. The van der Waals surface area contributed by atoms with E-state index in [1.165, 1.54) is 5.56 Å². The molecule has 0 fully saturated rings. The molecule has 0 saturated carbocycles. The second-order valence-electron chi connectivity index (χ2n) is 4.09. The van der Waals surface area contributed by atoms with E-state index >= 15 is 0 Å². The van der Waals surface area contributed by atoms with Crippen molar-refractivity contribution in [1.82, 2.24) is 5.32 Å². The van der Waals surface area contributed by atoms with Crippen LogP contribution in [-0.4, -0.2) is 20.3 Å². The molecule has 0 aromatic heterocycles. The molecule has 1 aromatic rings. The molecule has 0 unspecified atom stereocenters. The van der Waals surface area contributed by atoms with E-state index in [1.807, 2.05) is 18.2 Å². The van der Waals surface area contributed by atoms with Gasteiger partial charge in [0.2, 0.25) is 0 Å². The zero-order valence-corrected chi connectivity index (χ0v) is 11.4. The Bertz CT molecular complexity index is 364. The Morgan fingerprint density at radius 1 is 1.33 bits per heavy atom. The van der Waals surface area contributed by atoms with E-state index in [9.17, 15) is 0 Å². The highest BCUT2D eigenvalue weighted by Crippen LogP contribution is 2.28. The van der Waals surface area contributed by atoms with Crippen LogP contribution >= 0.6 is 0 Å². The highest BCUT2D eigenvalue weighted by atomic mass is 16.5. The van der Waals surface area contributed by atoms with Crippen LogP contribution in [0.5, 0.6) is 11.5 Å². The van der Waals surface area contributed by atoms with Crippen molar-refractivity contribution in [2.45, 2.75) is 26.3 Å². The number of methoxy groups -OCH3 is 1. The van der Waals surface area contributed by atoms with Crippen molar-refractivity contribution >= 4 is 0 Å². The van der Waals surface area contributed by atoms with Gasteiger partial charge in [0, 0.05) is 6.54 Å². The minimum atomic E-state index is 0.632.